The van der Waals surface area contributed by atoms with Crippen molar-refractivity contribution in [3.05, 3.63) is 126 Å². The number of hydrogen-bond acceptors (Lipinski definition) is 6. The minimum atomic E-state index is -0.341. The highest BCUT2D eigenvalue weighted by molar-refractivity contribution is 7.71. The molecule has 0 bridgehead atoms. The molecular weight excluding hydrogens is 530 g/mol. The van der Waals surface area contributed by atoms with Crippen molar-refractivity contribution in [1.29, 1.82) is 0 Å². The molecule has 0 amide bonds. The number of aromatic nitrogens is 4. The summed E-state index contributed by atoms with van der Waals surface area (Å²) in [6.07, 6.45) is 0. The van der Waals surface area contributed by atoms with Gasteiger partial charge in [-0.05, 0) is 67.7 Å². The van der Waals surface area contributed by atoms with Crippen LogP contribution in [0, 0.1) is 4.77 Å². The molecule has 0 aliphatic heterocycles. The van der Waals surface area contributed by atoms with Crippen molar-refractivity contribution >= 4 is 34.8 Å². The fraction of sp³-hybridized carbons (Fsp3) is 0.0909. The summed E-state index contributed by atoms with van der Waals surface area (Å²) in [6, 6.07) is 37.5. The van der Waals surface area contributed by atoms with Gasteiger partial charge in [-0.25, -0.2) is 14.5 Å². The standard InChI is InChI=1S/C33H27N5O2S/c1-2-40-32(39)24-17-19-25(20-18-24)34-22-37-33(41)38(26-13-7-4-8-14-26)31(36-37)28-21-30(23-11-5-3-6-12-23)35-29-16-10-9-15-27(28)29/h3-21,34H,2,22H2,1H3. The largest absolute Gasteiger partial charge is 0.462 e. The monoisotopic (exact) mass is 557 g/mol. The molecule has 2 heterocycles. The molecule has 0 spiro atoms. The number of carbonyl (C=O) groups is 1. The quantitative estimate of drug-likeness (QED) is 0.154. The topological polar surface area (TPSA) is 74.0 Å². The smallest absolute Gasteiger partial charge is 0.338 e. The predicted molar refractivity (Wildman–Crippen MR) is 165 cm³/mol. The number of esters is 1. The number of fused-ring (bicyclic) bond motifs is 1. The van der Waals surface area contributed by atoms with E-state index in [0.29, 0.717) is 23.6 Å². The number of hydrogen-bond donors (Lipinski definition) is 1. The third-order valence-corrected chi connectivity index (χ3v) is 7.10. The highest BCUT2D eigenvalue weighted by Crippen LogP contribution is 2.33. The van der Waals surface area contributed by atoms with Gasteiger partial charge in [0.25, 0.3) is 0 Å². The molecule has 6 aromatic rings. The normalized spacial score (nSPS) is 11.0. The fourth-order valence-corrected chi connectivity index (χ4v) is 5.01. The van der Waals surface area contributed by atoms with E-state index in [-0.39, 0.29) is 5.97 Å². The van der Waals surface area contributed by atoms with Crippen LogP contribution in [0.1, 0.15) is 17.3 Å². The summed E-state index contributed by atoms with van der Waals surface area (Å²) in [7, 11) is 0. The van der Waals surface area contributed by atoms with Crippen LogP contribution in [0.4, 0.5) is 5.69 Å². The van der Waals surface area contributed by atoms with Gasteiger partial charge >= 0.3 is 5.97 Å². The lowest BCUT2D eigenvalue weighted by Crippen LogP contribution is -2.10. The fourth-order valence-electron chi connectivity index (χ4n) is 4.72. The Morgan fingerprint density at radius 1 is 0.878 bits per heavy atom. The SMILES string of the molecule is CCOC(=O)c1ccc(NCn2nc(-c3cc(-c4ccccc4)nc4ccccc34)n(-c3ccccc3)c2=S)cc1. The van der Waals surface area contributed by atoms with Gasteiger partial charge in [0.15, 0.2) is 5.82 Å². The van der Waals surface area contributed by atoms with Gasteiger partial charge in [-0.3, -0.25) is 4.57 Å². The molecule has 0 radical (unpaired) electrons. The van der Waals surface area contributed by atoms with Crippen molar-refractivity contribution in [1.82, 2.24) is 19.3 Å². The first kappa shape index (κ1) is 26.2. The lowest BCUT2D eigenvalue weighted by molar-refractivity contribution is 0.0526. The first-order valence-corrected chi connectivity index (χ1v) is 13.7. The van der Waals surface area contributed by atoms with Crippen LogP contribution in [0.5, 0.6) is 0 Å². The highest BCUT2D eigenvalue weighted by atomic mass is 32.1. The highest BCUT2D eigenvalue weighted by Gasteiger charge is 2.19. The molecule has 0 saturated carbocycles. The Balaban J connectivity index is 1.44. The summed E-state index contributed by atoms with van der Waals surface area (Å²) in [5.74, 6) is 0.378. The van der Waals surface area contributed by atoms with E-state index in [0.717, 1.165) is 44.9 Å². The van der Waals surface area contributed by atoms with Crippen LogP contribution >= 0.6 is 12.2 Å². The molecule has 0 atom stereocenters. The Kier molecular flexibility index (Phi) is 7.38. The second-order valence-electron chi connectivity index (χ2n) is 9.35. The Hall–Kier alpha value is -5.08. The Bertz CT molecular complexity index is 1880. The third-order valence-electron chi connectivity index (χ3n) is 6.71. The molecule has 0 saturated heterocycles. The minimum Gasteiger partial charge on any atom is -0.462 e. The van der Waals surface area contributed by atoms with Gasteiger partial charge in [-0.1, -0.05) is 66.7 Å². The number of para-hydroxylation sites is 2. The van der Waals surface area contributed by atoms with Gasteiger partial charge in [0.05, 0.1) is 23.4 Å². The van der Waals surface area contributed by atoms with Crippen molar-refractivity contribution in [2.45, 2.75) is 13.6 Å². The number of rotatable bonds is 8. The zero-order valence-corrected chi connectivity index (χ0v) is 23.2. The van der Waals surface area contributed by atoms with E-state index in [4.69, 9.17) is 27.0 Å². The zero-order chi connectivity index (χ0) is 28.2. The van der Waals surface area contributed by atoms with Gasteiger partial charge in [0.1, 0.15) is 6.67 Å². The van der Waals surface area contributed by atoms with E-state index in [1.165, 1.54) is 0 Å². The number of benzene rings is 4. The van der Waals surface area contributed by atoms with E-state index < -0.39 is 0 Å². The van der Waals surface area contributed by atoms with E-state index in [9.17, 15) is 4.79 Å². The average molecular weight is 558 g/mol. The van der Waals surface area contributed by atoms with Gasteiger partial charge in [0, 0.05) is 27.9 Å². The summed E-state index contributed by atoms with van der Waals surface area (Å²) in [5.41, 5.74) is 5.95. The molecule has 0 fully saturated rings. The maximum Gasteiger partial charge on any atom is 0.338 e. The Morgan fingerprint density at radius 2 is 1.56 bits per heavy atom. The van der Waals surface area contributed by atoms with Crippen LogP contribution in [0.15, 0.2) is 115 Å². The van der Waals surface area contributed by atoms with Gasteiger partial charge < -0.3 is 10.1 Å². The predicted octanol–water partition coefficient (Wildman–Crippen LogP) is 7.53. The summed E-state index contributed by atoms with van der Waals surface area (Å²) >= 11 is 5.99. The molecule has 0 aliphatic rings. The molecule has 4 aromatic carbocycles. The second kappa shape index (κ2) is 11.6. The third kappa shape index (κ3) is 5.37. The van der Waals surface area contributed by atoms with E-state index in [1.54, 1.807) is 23.7 Å². The summed E-state index contributed by atoms with van der Waals surface area (Å²) in [6.45, 7) is 2.46. The van der Waals surface area contributed by atoms with Crippen LogP contribution in [0.2, 0.25) is 0 Å². The molecule has 7 nitrogen and oxygen atoms in total. The van der Waals surface area contributed by atoms with Crippen LogP contribution < -0.4 is 5.32 Å². The molecule has 0 unspecified atom stereocenters. The lowest BCUT2D eigenvalue weighted by atomic mass is 10.0. The number of nitrogens with zero attached hydrogens (tertiary/aromatic N) is 4. The Labute approximate surface area is 242 Å². The Morgan fingerprint density at radius 3 is 2.29 bits per heavy atom. The molecule has 8 heteroatoms. The lowest BCUT2D eigenvalue weighted by Gasteiger charge is -2.11. The van der Waals surface area contributed by atoms with E-state index in [1.807, 2.05) is 83.4 Å². The second-order valence-corrected chi connectivity index (χ2v) is 9.71. The van der Waals surface area contributed by atoms with Gasteiger partial charge in [0.2, 0.25) is 4.77 Å². The molecular formula is C33H27N5O2S. The van der Waals surface area contributed by atoms with Crippen LogP contribution in [0.3, 0.4) is 0 Å². The maximum atomic E-state index is 12.0. The van der Waals surface area contributed by atoms with Crippen LogP contribution in [-0.4, -0.2) is 31.9 Å². The molecule has 0 aliphatic carbocycles. The first-order chi connectivity index (χ1) is 20.1. The van der Waals surface area contributed by atoms with Crippen LogP contribution in [-0.2, 0) is 11.4 Å². The number of ether oxygens (including phenoxy) is 1. The average Bonchev–Trinajstić information content (AvgIpc) is 3.36. The molecule has 1 N–H and O–H groups in total. The molecule has 6 rings (SSSR count). The van der Waals surface area contributed by atoms with Crippen LogP contribution in [0.25, 0.3) is 39.2 Å². The molecule has 41 heavy (non-hydrogen) atoms. The molecule has 202 valence electrons. The van der Waals surface area contributed by atoms with Crippen molar-refractivity contribution in [3.8, 4) is 28.3 Å². The van der Waals surface area contributed by atoms with Gasteiger partial charge in [-0.2, -0.15) is 0 Å². The summed E-state index contributed by atoms with van der Waals surface area (Å²) in [4.78, 5) is 17.0. The van der Waals surface area contributed by atoms with Crippen molar-refractivity contribution in [2.24, 2.45) is 0 Å². The first-order valence-electron chi connectivity index (χ1n) is 13.3. The van der Waals surface area contributed by atoms with Crippen molar-refractivity contribution in [2.75, 3.05) is 11.9 Å². The van der Waals surface area contributed by atoms with Crippen molar-refractivity contribution in [3.63, 3.8) is 0 Å². The molecule has 2 aromatic heterocycles. The summed E-state index contributed by atoms with van der Waals surface area (Å²) < 4.78 is 9.40. The maximum absolute atomic E-state index is 12.0. The van der Waals surface area contributed by atoms with Gasteiger partial charge in [-0.15, -0.1) is 5.10 Å². The zero-order valence-electron chi connectivity index (χ0n) is 22.4. The number of anilines is 1. The number of nitrogens with one attached hydrogen (secondary N) is 1. The van der Waals surface area contributed by atoms with Crippen molar-refractivity contribution < 1.29 is 9.53 Å². The van der Waals surface area contributed by atoms with E-state index in [2.05, 4.69) is 29.6 Å². The minimum absolute atomic E-state index is 0.332. The number of pyridine rings is 1. The number of carbonyl (C=O) groups excluding carboxylic acids is 1. The summed E-state index contributed by atoms with van der Waals surface area (Å²) in [5, 5.41) is 9.40. The van der Waals surface area contributed by atoms with E-state index >= 15 is 0 Å².